The Hall–Kier alpha value is -3.42. The fraction of sp³-hybridized carbons (Fsp3) is 0.300. The van der Waals surface area contributed by atoms with Gasteiger partial charge in [0.05, 0.1) is 4.92 Å². The molecule has 28 heavy (non-hydrogen) atoms. The van der Waals surface area contributed by atoms with Crippen molar-refractivity contribution in [1.29, 1.82) is 0 Å². The van der Waals surface area contributed by atoms with E-state index in [0.29, 0.717) is 43.9 Å². The van der Waals surface area contributed by atoms with E-state index in [1.807, 2.05) is 36.1 Å². The van der Waals surface area contributed by atoms with Gasteiger partial charge in [0.15, 0.2) is 6.61 Å². The Balaban J connectivity index is 1.58. The fourth-order valence-corrected chi connectivity index (χ4v) is 3.10. The van der Waals surface area contributed by atoms with Gasteiger partial charge in [0.1, 0.15) is 17.7 Å². The van der Waals surface area contributed by atoms with Gasteiger partial charge in [-0.1, -0.05) is 17.7 Å². The number of aryl methyl sites for hydroxylation is 1. The van der Waals surface area contributed by atoms with E-state index in [1.165, 1.54) is 6.07 Å². The Bertz CT molecular complexity index is 874. The van der Waals surface area contributed by atoms with Crippen LogP contribution in [0.15, 0.2) is 42.5 Å². The molecule has 2 aromatic rings. The molecular formula is C20H21N3O5. The fourth-order valence-electron chi connectivity index (χ4n) is 3.10. The van der Waals surface area contributed by atoms with Gasteiger partial charge in [-0.05, 0) is 31.2 Å². The van der Waals surface area contributed by atoms with Crippen molar-refractivity contribution in [2.75, 3.05) is 37.7 Å². The number of anilines is 1. The van der Waals surface area contributed by atoms with Gasteiger partial charge < -0.3 is 14.5 Å². The molecule has 3 rings (SSSR count). The maximum Gasteiger partial charge on any atom is 0.293 e. The minimum absolute atomic E-state index is 0.0444. The monoisotopic (exact) mass is 383 g/mol. The molecule has 2 aromatic carbocycles. The van der Waals surface area contributed by atoms with Gasteiger partial charge in [-0.15, -0.1) is 0 Å². The first-order chi connectivity index (χ1) is 13.5. The molecule has 8 nitrogen and oxygen atoms in total. The van der Waals surface area contributed by atoms with Crippen LogP contribution in [0.2, 0.25) is 0 Å². The number of ether oxygens (including phenoxy) is 1. The average molecular weight is 383 g/mol. The highest BCUT2D eigenvalue weighted by molar-refractivity contribution is 5.80. The summed E-state index contributed by atoms with van der Waals surface area (Å²) in [5.41, 5.74) is 1.73. The van der Waals surface area contributed by atoms with Crippen LogP contribution in [0.5, 0.6) is 5.75 Å². The van der Waals surface area contributed by atoms with Crippen LogP contribution in [0, 0.1) is 17.0 Å². The van der Waals surface area contributed by atoms with Crippen LogP contribution >= 0.6 is 0 Å². The van der Waals surface area contributed by atoms with Crippen molar-refractivity contribution < 1.29 is 19.2 Å². The number of hydrogen-bond donors (Lipinski definition) is 0. The number of rotatable bonds is 6. The third-order valence-corrected chi connectivity index (χ3v) is 4.69. The second-order valence-corrected chi connectivity index (χ2v) is 6.59. The summed E-state index contributed by atoms with van der Waals surface area (Å²) in [6, 6.07) is 11.9. The molecule has 0 N–H and O–H groups in total. The largest absolute Gasteiger partial charge is 0.484 e. The number of aldehydes is 1. The third kappa shape index (κ3) is 4.46. The molecule has 0 unspecified atom stereocenters. The van der Waals surface area contributed by atoms with Gasteiger partial charge in [-0.25, -0.2) is 0 Å². The summed E-state index contributed by atoms with van der Waals surface area (Å²) in [6.07, 6.45) is 0.585. The number of piperazine rings is 1. The molecule has 0 spiro atoms. The van der Waals surface area contributed by atoms with E-state index in [1.54, 1.807) is 17.0 Å². The van der Waals surface area contributed by atoms with Crippen molar-refractivity contribution in [3.8, 4) is 5.75 Å². The molecule has 1 fully saturated rings. The van der Waals surface area contributed by atoms with E-state index in [-0.39, 0.29) is 23.8 Å². The molecule has 1 amide bonds. The summed E-state index contributed by atoms with van der Waals surface area (Å²) in [5.74, 6) is 0.523. The Kier molecular flexibility index (Phi) is 5.88. The average Bonchev–Trinajstić information content (AvgIpc) is 2.72. The van der Waals surface area contributed by atoms with Crippen molar-refractivity contribution in [2.45, 2.75) is 6.92 Å². The summed E-state index contributed by atoms with van der Waals surface area (Å²) < 4.78 is 5.54. The first kappa shape index (κ1) is 19.3. The van der Waals surface area contributed by atoms with Crippen LogP contribution < -0.4 is 9.64 Å². The topological polar surface area (TPSA) is 93.0 Å². The quantitative estimate of drug-likeness (QED) is 0.432. The second-order valence-electron chi connectivity index (χ2n) is 6.59. The Labute approximate surface area is 162 Å². The molecule has 1 heterocycles. The number of carbonyl (C=O) groups is 2. The predicted octanol–water partition coefficient (Wildman–Crippen LogP) is 2.44. The van der Waals surface area contributed by atoms with E-state index in [0.717, 1.165) is 5.56 Å². The lowest BCUT2D eigenvalue weighted by atomic mass is 10.1. The Morgan fingerprint density at radius 1 is 1.14 bits per heavy atom. The highest BCUT2D eigenvalue weighted by Crippen LogP contribution is 2.29. The van der Waals surface area contributed by atoms with Crippen LogP contribution in [0.4, 0.5) is 11.4 Å². The van der Waals surface area contributed by atoms with Crippen LogP contribution in [-0.2, 0) is 4.79 Å². The van der Waals surface area contributed by atoms with E-state index in [9.17, 15) is 19.7 Å². The second kappa shape index (κ2) is 8.51. The first-order valence-electron chi connectivity index (χ1n) is 8.94. The minimum atomic E-state index is -0.491. The standard InChI is InChI=1S/C20H21N3O5/c1-15-2-5-17(6-3-15)28-14-20(25)22-10-8-21(9-11-22)18-7-4-16(13-24)12-19(18)23(26)27/h2-7,12-13H,8-11,14H2,1H3. The summed E-state index contributed by atoms with van der Waals surface area (Å²) in [7, 11) is 0. The molecule has 146 valence electrons. The van der Waals surface area contributed by atoms with Crippen molar-refractivity contribution in [3.05, 3.63) is 63.7 Å². The zero-order chi connectivity index (χ0) is 20.1. The molecular weight excluding hydrogens is 362 g/mol. The first-order valence-corrected chi connectivity index (χ1v) is 8.94. The summed E-state index contributed by atoms with van der Waals surface area (Å²) in [5, 5.41) is 11.3. The van der Waals surface area contributed by atoms with Crippen molar-refractivity contribution in [3.63, 3.8) is 0 Å². The summed E-state index contributed by atoms with van der Waals surface area (Å²) in [6.45, 7) is 3.77. The number of carbonyl (C=O) groups excluding carboxylic acids is 2. The van der Waals surface area contributed by atoms with Gasteiger partial charge in [-0.2, -0.15) is 0 Å². The van der Waals surface area contributed by atoms with Crippen LogP contribution in [-0.4, -0.2) is 54.8 Å². The van der Waals surface area contributed by atoms with Gasteiger partial charge in [-0.3, -0.25) is 19.7 Å². The number of benzene rings is 2. The van der Waals surface area contributed by atoms with E-state index in [2.05, 4.69) is 0 Å². The van der Waals surface area contributed by atoms with E-state index < -0.39 is 4.92 Å². The normalized spacial score (nSPS) is 13.9. The zero-order valence-electron chi connectivity index (χ0n) is 15.5. The van der Waals surface area contributed by atoms with Crippen molar-refractivity contribution >= 4 is 23.6 Å². The number of amides is 1. The molecule has 0 radical (unpaired) electrons. The molecule has 0 bridgehead atoms. The van der Waals surface area contributed by atoms with Crippen LogP contribution in [0.1, 0.15) is 15.9 Å². The lowest BCUT2D eigenvalue weighted by Gasteiger charge is -2.35. The molecule has 0 aromatic heterocycles. The van der Waals surface area contributed by atoms with Gasteiger partial charge in [0.2, 0.25) is 0 Å². The third-order valence-electron chi connectivity index (χ3n) is 4.69. The molecule has 1 aliphatic heterocycles. The maximum atomic E-state index is 12.4. The van der Waals surface area contributed by atoms with Crippen molar-refractivity contribution in [1.82, 2.24) is 4.90 Å². The SMILES string of the molecule is Cc1ccc(OCC(=O)N2CCN(c3ccc(C=O)cc3[N+](=O)[O-])CC2)cc1. The highest BCUT2D eigenvalue weighted by Gasteiger charge is 2.26. The summed E-state index contributed by atoms with van der Waals surface area (Å²) in [4.78, 5) is 37.6. The molecule has 0 aliphatic carbocycles. The summed E-state index contributed by atoms with van der Waals surface area (Å²) >= 11 is 0. The zero-order valence-corrected chi connectivity index (χ0v) is 15.5. The van der Waals surface area contributed by atoms with Gasteiger partial charge in [0.25, 0.3) is 11.6 Å². The molecule has 1 saturated heterocycles. The highest BCUT2D eigenvalue weighted by atomic mass is 16.6. The molecule has 8 heteroatoms. The van der Waals surface area contributed by atoms with Gasteiger partial charge >= 0.3 is 0 Å². The minimum Gasteiger partial charge on any atom is -0.484 e. The number of nitro groups is 1. The maximum absolute atomic E-state index is 12.4. The number of hydrogen-bond acceptors (Lipinski definition) is 6. The predicted molar refractivity (Wildman–Crippen MR) is 104 cm³/mol. The van der Waals surface area contributed by atoms with E-state index >= 15 is 0 Å². The van der Waals surface area contributed by atoms with E-state index in [4.69, 9.17) is 4.74 Å². The molecule has 0 saturated carbocycles. The smallest absolute Gasteiger partial charge is 0.293 e. The number of nitrogens with zero attached hydrogens (tertiary/aromatic N) is 3. The lowest BCUT2D eigenvalue weighted by Crippen LogP contribution is -2.50. The Morgan fingerprint density at radius 3 is 2.43 bits per heavy atom. The van der Waals surface area contributed by atoms with Crippen LogP contribution in [0.3, 0.4) is 0 Å². The van der Waals surface area contributed by atoms with Crippen molar-refractivity contribution in [2.24, 2.45) is 0 Å². The van der Waals surface area contributed by atoms with Crippen LogP contribution in [0.25, 0.3) is 0 Å². The Morgan fingerprint density at radius 2 is 1.82 bits per heavy atom. The molecule has 0 atom stereocenters. The lowest BCUT2D eigenvalue weighted by molar-refractivity contribution is -0.384. The number of nitro benzene ring substituents is 1. The van der Waals surface area contributed by atoms with Gasteiger partial charge in [0, 0.05) is 37.8 Å². The molecule has 1 aliphatic rings.